The predicted octanol–water partition coefficient (Wildman–Crippen LogP) is 2.70. The first-order valence-electron chi connectivity index (χ1n) is 6.37. The van der Waals surface area contributed by atoms with Crippen molar-refractivity contribution in [2.24, 2.45) is 0 Å². The lowest BCUT2D eigenvalue weighted by Gasteiger charge is -2.04. The number of hydrogen-bond donors (Lipinski definition) is 1. The van der Waals surface area contributed by atoms with Gasteiger partial charge in [0.15, 0.2) is 0 Å². The summed E-state index contributed by atoms with van der Waals surface area (Å²) < 4.78 is 10.5. The zero-order chi connectivity index (χ0) is 14.8. The minimum Gasteiger partial charge on any atom is -0.496 e. The van der Waals surface area contributed by atoms with E-state index >= 15 is 0 Å². The second-order valence-corrected chi connectivity index (χ2v) is 4.61. The van der Waals surface area contributed by atoms with E-state index < -0.39 is 0 Å². The monoisotopic (exact) mass is 282 g/mol. The molecule has 21 heavy (non-hydrogen) atoms. The Bertz CT molecular complexity index is 783. The average molecular weight is 282 g/mol. The molecule has 106 valence electrons. The molecule has 6 nitrogen and oxygen atoms in total. The van der Waals surface area contributed by atoms with E-state index in [0.717, 1.165) is 16.9 Å². The van der Waals surface area contributed by atoms with Gasteiger partial charge in [0, 0.05) is 18.0 Å². The van der Waals surface area contributed by atoms with Crippen molar-refractivity contribution in [1.29, 1.82) is 0 Å². The molecule has 2 heterocycles. The van der Waals surface area contributed by atoms with E-state index in [2.05, 4.69) is 15.1 Å². The first kappa shape index (κ1) is 13.1. The van der Waals surface area contributed by atoms with Gasteiger partial charge >= 0.3 is 0 Å². The van der Waals surface area contributed by atoms with Gasteiger partial charge < -0.3 is 15.0 Å². The Balaban J connectivity index is 1.96. The molecule has 0 fully saturated rings. The highest BCUT2D eigenvalue weighted by atomic mass is 16.5. The smallest absolute Gasteiger partial charge is 0.259 e. The molecule has 0 spiro atoms. The molecular weight excluding hydrogens is 268 g/mol. The number of benzene rings is 1. The highest BCUT2D eigenvalue weighted by Crippen LogP contribution is 2.26. The number of aryl methyl sites for hydroxylation is 1. The standard InChI is InChI=1S/C15H14N4O2/c1-9-5-10(3-4-13(9)20-2)14-18-15(21-19-14)11-6-12(16)8-17-7-11/h3-8H,16H2,1-2H3. The number of nitrogens with two attached hydrogens (primary N) is 1. The van der Waals surface area contributed by atoms with E-state index in [4.69, 9.17) is 15.0 Å². The van der Waals surface area contributed by atoms with E-state index in [0.29, 0.717) is 23.0 Å². The van der Waals surface area contributed by atoms with Gasteiger partial charge in [-0.3, -0.25) is 4.98 Å². The highest BCUT2D eigenvalue weighted by Gasteiger charge is 2.12. The van der Waals surface area contributed by atoms with Gasteiger partial charge in [0.05, 0.1) is 18.4 Å². The number of methoxy groups -OCH3 is 1. The van der Waals surface area contributed by atoms with Crippen LogP contribution in [0.5, 0.6) is 5.75 Å². The zero-order valence-electron chi connectivity index (χ0n) is 11.7. The van der Waals surface area contributed by atoms with Crippen LogP contribution in [0.15, 0.2) is 41.2 Å². The molecule has 0 saturated carbocycles. The van der Waals surface area contributed by atoms with E-state index in [1.807, 2.05) is 25.1 Å². The number of anilines is 1. The number of pyridine rings is 1. The fourth-order valence-electron chi connectivity index (χ4n) is 2.05. The molecule has 3 aromatic rings. The van der Waals surface area contributed by atoms with Crippen LogP contribution < -0.4 is 10.5 Å². The van der Waals surface area contributed by atoms with Crippen molar-refractivity contribution < 1.29 is 9.26 Å². The molecule has 6 heteroatoms. The Hall–Kier alpha value is -2.89. The normalized spacial score (nSPS) is 10.6. The average Bonchev–Trinajstić information content (AvgIpc) is 2.97. The Morgan fingerprint density at radius 1 is 1.14 bits per heavy atom. The molecule has 0 aliphatic rings. The third-order valence-corrected chi connectivity index (χ3v) is 3.09. The van der Waals surface area contributed by atoms with Gasteiger partial charge in [-0.25, -0.2) is 0 Å². The molecule has 0 saturated heterocycles. The van der Waals surface area contributed by atoms with Crippen molar-refractivity contribution in [3.8, 4) is 28.6 Å². The minimum absolute atomic E-state index is 0.387. The fraction of sp³-hybridized carbons (Fsp3) is 0.133. The molecule has 2 N–H and O–H groups in total. The van der Waals surface area contributed by atoms with Gasteiger partial charge in [-0.05, 0) is 36.8 Å². The first-order valence-corrected chi connectivity index (χ1v) is 6.37. The summed E-state index contributed by atoms with van der Waals surface area (Å²) in [6.45, 7) is 1.96. The number of hydrogen-bond acceptors (Lipinski definition) is 6. The topological polar surface area (TPSA) is 87.1 Å². The number of aromatic nitrogens is 3. The van der Waals surface area contributed by atoms with Crippen LogP contribution in [0.1, 0.15) is 5.56 Å². The fourth-order valence-corrected chi connectivity index (χ4v) is 2.05. The van der Waals surface area contributed by atoms with Crippen LogP contribution in [0.3, 0.4) is 0 Å². The van der Waals surface area contributed by atoms with Crippen LogP contribution in [0.25, 0.3) is 22.8 Å². The molecule has 0 amide bonds. The molecule has 2 aromatic heterocycles. The summed E-state index contributed by atoms with van der Waals surface area (Å²) in [6, 6.07) is 7.45. The van der Waals surface area contributed by atoms with Crippen molar-refractivity contribution in [1.82, 2.24) is 15.1 Å². The third kappa shape index (κ3) is 2.55. The molecular formula is C15H14N4O2. The molecule has 3 rings (SSSR count). The van der Waals surface area contributed by atoms with Crippen molar-refractivity contribution in [2.75, 3.05) is 12.8 Å². The van der Waals surface area contributed by atoms with Gasteiger partial charge in [-0.1, -0.05) is 5.16 Å². The van der Waals surface area contributed by atoms with Gasteiger partial charge in [0.2, 0.25) is 5.82 Å². The van der Waals surface area contributed by atoms with Crippen molar-refractivity contribution in [2.45, 2.75) is 6.92 Å². The van der Waals surface area contributed by atoms with Crippen LogP contribution in [-0.4, -0.2) is 22.2 Å². The van der Waals surface area contributed by atoms with Crippen LogP contribution in [0, 0.1) is 6.92 Å². The lowest BCUT2D eigenvalue weighted by Crippen LogP contribution is -1.89. The second kappa shape index (κ2) is 5.24. The van der Waals surface area contributed by atoms with Crippen molar-refractivity contribution in [3.05, 3.63) is 42.2 Å². The second-order valence-electron chi connectivity index (χ2n) is 4.61. The lowest BCUT2D eigenvalue weighted by molar-refractivity contribution is 0.411. The maximum absolute atomic E-state index is 5.70. The Kier molecular flexibility index (Phi) is 3.27. The maximum atomic E-state index is 5.70. The number of rotatable bonds is 3. The Labute approximate surface area is 121 Å². The number of ether oxygens (including phenoxy) is 1. The summed E-state index contributed by atoms with van der Waals surface area (Å²) in [5.74, 6) is 1.72. The summed E-state index contributed by atoms with van der Waals surface area (Å²) in [5.41, 5.74) is 8.81. The summed E-state index contributed by atoms with van der Waals surface area (Å²) in [7, 11) is 1.64. The molecule has 0 aliphatic carbocycles. The highest BCUT2D eigenvalue weighted by molar-refractivity contribution is 5.63. The molecule has 1 aromatic carbocycles. The Morgan fingerprint density at radius 2 is 2.00 bits per heavy atom. The minimum atomic E-state index is 0.387. The van der Waals surface area contributed by atoms with Gasteiger partial charge in [-0.15, -0.1) is 0 Å². The molecule has 0 aliphatic heterocycles. The van der Waals surface area contributed by atoms with Crippen LogP contribution in [-0.2, 0) is 0 Å². The number of nitrogen functional groups attached to an aromatic ring is 1. The summed E-state index contributed by atoms with van der Waals surface area (Å²) >= 11 is 0. The molecule has 0 radical (unpaired) electrons. The quantitative estimate of drug-likeness (QED) is 0.794. The van der Waals surface area contributed by atoms with Gasteiger partial charge in [0.25, 0.3) is 5.89 Å². The van der Waals surface area contributed by atoms with Crippen LogP contribution in [0.4, 0.5) is 5.69 Å². The molecule has 0 bridgehead atoms. The largest absolute Gasteiger partial charge is 0.496 e. The van der Waals surface area contributed by atoms with Crippen LogP contribution >= 0.6 is 0 Å². The van der Waals surface area contributed by atoms with Crippen molar-refractivity contribution in [3.63, 3.8) is 0 Å². The zero-order valence-corrected chi connectivity index (χ0v) is 11.7. The Morgan fingerprint density at radius 3 is 2.71 bits per heavy atom. The van der Waals surface area contributed by atoms with Crippen LogP contribution in [0.2, 0.25) is 0 Å². The van der Waals surface area contributed by atoms with Gasteiger partial charge in [0.1, 0.15) is 5.75 Å². The van der Waals surface area contributed by atoms with E-state index in [1.54, 1.807) is 25.6 Å². The summed E-state index contributed by atoms with van der Waals surface area (Å²) in [4.78, 5) is 8.38. The first-order chi connectivity index (χ1) is 10.2. The molecule has 0 atom stereocenters. The van der Waals surface area contributed by atoms with Gasteiger partial charge in [-0.2, -0.15) is 4.98 Å². The van der Waals surface area contributed by atoms with E-state index in [-0.39, 0.29) is 0 Å². The van der Waals surface area contributed by atoms with E-state index in [9.17, 15) is 0 Å². The molecule has 0 unspecified atom stereocenters. The third-order valence-electron chi connectivity index (χ3n) is 3.09. The van der Waals surface area contributed by atoms with Crippen molar-refractivity contribution >= 4 is 5.69 Å². The number of nitrogens with zero attached hydrogens (tertiary/aromatic N) is 3. The van der Waals surface area contributed by atoms with E-state index in [1.165, 1.54) is 0 Å². The lowest BCUT2D eigenvalue weighted by atomic mass is 10.1. The summed E-state index contributed by atoms with van der Waals surface area (Å²) in [6.07, 6.45) is 3.19. The maximum Gasteiger partial charge on any atom is 0.259 e. The summed E-state index contributed by atoms with van der Waals surface area (Å²) in [5, 5.41) is 3.99. The predicted molar refractivity (Wildman–Crippen MR) is 78.7 cm³/mol. The SMILES string of the molecule is COc1ccc(-c2noc(-c3cncc(N)c3)n2)cc1C.